The van der Waals surface area contributed by atoms with Gasteiger partial charge >= 0.3 is 0 Å². The molecule has 0 aliphatic rings. The predicted octanol–water partition coefficient (Wildman–Crippen LogP) is 5.32. The zero-order valence-corrected chi connectivity index (χ0v) is 14.5. The molecule has 27 heavy (non-hydrogen) atoms. The molecule has 5 rings (SSSR count). The average Bonchev–Trinajstić information content (AvgIpc) is 3.11. The van der Waals surface area contributed by atoms with Crippen LogP contribution in [-0.4, -0.2) is 10.9 Å². The van der Waals surface area contributed by atoms with E-state index in [1.807, 2.05) is 54.6 Å². The van der Waals surface area contributed by atoms with Crippen LogP contribution in [0.3, 0.4) is 0 Å². The number of rotatable bonds is 3. The molecule has 0 fully saturated rings. The summed E-state index contributed by atoms with van der Waals surface area (Å²) < 4.78 is 5.69. The number of pyridine rings is 1. The first-order chi connectivity index (χ1) is 13.3. The fourth-order valence-corrected chi connectivity index (χ4v) is 3.58. The van der Waals surface area contributed by atoms with Crippen molar-refractivity contribution in [2.24, 2.45) is 0 Å². The lowest BCUT2D eigenvalue weighted by Crippen LogP contribution is -2.14. The second-order valence-electron chi connectivity index (χ2n) is 6.53. The standard InChI is InChI=1S/C23H16N2O2/c26-21(25-19-9-3-6-16-7-4-12-24-23(16)19)13-17-14-27-20-11-10-15-5-1-2-8-18(15)22(17)20/h1-12,14H,13H2,(H,25,26). The van der Waals surface area contributed by atoms with E-state index in [1.165, 1.54) is 0 Å². The number of carbonyl (C=O) groups excluding carboxylic acids is 1. The van der Waals surface area contributed by atoms with Gasteiger partial charge < -0.3 is 9.73 Å². The van der Waals surface area contributed by atoms with Crippen molar-refractivity contribution in [1.82, 2.24) is 4.98 Å². The van der Waals surface area contributed by atoms with Crippen molar-refractivity contribution in [2.45, 2.75) is 6.42 Å². The van der Waals surface area contributed by atoms with Gasteiger partial charge in [0, 0.05) is 22.5 Å². The summed E-state index contributed by atoms with van der Waals surface area (Å²) in [7, 11) is 0. The molecular weight excluding hydrogens is 336 g/mol. The number of furan rings is 1. The van der Waals surface area contributed by atoms with Crippen LogP contribution in [0.15, 0.2) is 83.6 Å². The predicted molar refractivity (Wildman–Crippen MR) is 108 cm³/mol. The number of benzene rings is 3. The quantitative estimate of drug-likeness (QED) is 0.478. The van der Waals surface area contributed by atoms with Gasteiger partial charge in [-0.2, -0.15) is 0 Å². The summed E-state index contributed by atoms with van der Waals surface area (Å²) in [4.78, 5) is 17.1. The molecule has 5 aromatic rings. The number of para-hydroxylation sites is 1. The number of carbonyl (C=O) groups is 1. The lowest BCUT2D eigenvalue weighted by molar-refractivity contribution is -0.115. The van der Waals surface area contributed by atoms with E-state index < -0.39 is 0 Å². The molecule has 0 radical (unpaired) electrons. The minimum atomic E-state index is -0.0937. The summed E-state index contributed by atoms with van der Waals surface area (Å²) in [5.74, 6) is -0.0937. The number of aromatic nitrogens is 1. The molecule has 0 aliphatic carbocycles. The number of fused-ring (bicyclic) bond motifs is 4. The van der Waals surface area contributed by atoms with Gasteiger partial charge in [-0.05, 0) is 29.0 Å². The molecule has 3 aromatic carbocycles. The summed E-state index contributed by atoms with van der Waals surface area (Å²) >= 11 is 0. The van der Waals surface area contributed by atoms with E-state index in [0.29, 0.717) is 0 Å². The van der Waals surface area contributed by atoms with Gasteiger partial charge in [-0.25, -0.2) is 0 Å². The SMILES string of the molecule is O=C(Cc1coc2ccc3ccccc3c12)Nc1cccc2cccnc12. The number of nitrogens with zero attached hydrogens (tertiary/aromatic N) is 1. The van der Waals surface area contributed by atoms with Gasteiger partial charge in [-0.3, -0.25) is 9.78 Å². The van der Waals surface area contributed by atoms with E-state index in [1.54, 1.807) is 12.5 Å². The van der Waals surface area contributed by atoms with Crippen molar-refractivity contribution in [3.05, 3.63) is 84.8 Å². The van der Waals surface area contributed by atoms with E-state index in [2.05, 4.69) is 22.4 Å². The Labute approximate surface area is 155 Å². The summed E-state index contributed by atoms with van der Waals surface area (Å²) in [6.07, 6.45) is 3.65. The number of hydrogen-bond acceptors (Lipinski definition) is 3. The minimum absolute atomic E-state index is 0.0937. The molecule has 1 N–H and O–H groups in total. The lowest BCUT2D eigenvalue weighted by Gasteiger charge is -2.08. The van der Waals surface area contributed by atoms with Gasteiger partial charge in [0.05, 0.1) is 23.9 Å². The van der Waals surface area contributed by atoms with Crippen molar-refractivity contribution in [3.63, 3.8) is 0 Å². The zero-order valence-electron chi connectivity index (χ0n) is 14.5. The van der Waals surface area contributed by atoms with E-state index in [9.17, 15) is 4.79 Å². The molecule has 0 aliphatic heterocycles. The summed E-state index contributed by atoms with van der Waals surface area (Å²) in [5.41, 5.74) is 3.18. The van der Waals surface area contributed by atoms with Crippen LogP contribution < -0.4 is 5.32 Å². The van der Waals surface area contributed by atoms with Crippen LogP contribution in [0.5, 0.6) is 0 Å². The summed E-state index contributed by atoms with van der Waals surface area (Å²) in [6.45, 7) is 0. The molecule has 0 saturated carbocycles. The second-order valence-corrected chi connectivity index (χ2v) is 6.53. The molecule has 1 amide bonds. The molecular formula is C23H16N2O2. The van der Waals surface area contributed by atoms with Crippen LogP contribution in [0.25, 0.3) is 32.6 Å². The largest absolute Gasteiger partial charge is 0.464 e. The third-order valence-corrected chi connectivity index (χ3v) is 4.80. The maximum absolute atomic E-state index is 12.7. The Kier molecular flexibility index (Phi) is 3.61. The maximum Gasteiger partial charge on any atom is 0.228 e. The molecule has 0 saturated heterocycles. The highest BCUT2D eigenvalue weighted by atomic mass is 16.3. The van der Waals surface area contributed by atoms with E-state index in [-0.39, 0.29) is 12.3 Å². The van der Waals surface area contributed by atoms with Crippen molar-refractivity contribution < 1.29 is 9.21 Å². The van der Waals surface area contributed by atoms with Gasteiger partial charge in [-0.1, -0.05) is 48.5 Å². The topological polar surface area (TPSA) is 55.1 Å². The van der Waals surface area contributed by atoms with Crippen LogP contribution in [0.4, 0.5) is 5.69 Å². The van der Waals surface area contributed by atoms with Crippen LogP contribution in [-0.2, 0) is 11.2 Å². The molecule has 0 spiro atoms. The molecule has 4 heteroatoms. The smallest absolute Gasteiger partial charge is 0.228 e. The molecule has 130 valence electrons. The Morgan fingerprint density at radius 1 is 0.926 bits per heavy atom. The van der Waals surface area contributed by atoms with Crippen LogP contribution >= 0.6 is 0 Å². The Bertz CT molecular complexity index is 1300. The third kappa shape index (κ3) is 2.72. The Morgan fingerprint density at radius 3 is 2.74 bits per heavy atom. The van der Waals surface area contributed by atoms with Gasteiger partial charge in [0.1, 0.15) is 5.58 Å². The molecule has 4 nitrogen and oxygen atoms in total. The number of anilines is 1. The third-order valence-electron chi connectivity index (χ3n) is 4.80. The molecule has 0 bridgehead atoms. The zero-order chi connectivity index (χ0) is 18.2. The van der Waals surface area contributed by atoms with Gasteiger partial charge in [0.2, 0.25) is 5.91 Å². The first-order valence-corrected chi connectivity index (χ1v) is 8.81. The monoisotopic (exact) mass is 352 g/mol. The number of nitrogens with one attached hydrogen (secondary N) is 1. The van der Waals surface area contributed by atoms with Crippen molar-refractivity contribution in [3.8, 4) is 0 Å². The molecule has 0 unspecified atom stereocenters. The van der Waals surface area contributed by atoms with E-state index in [0.717, 1.165) is 43.9 Å². The van der Waals surface area contributed by atoms with Crippen LogP contribution in [0.1, 0.15) is 5.56 Å². The van der Waals surface area contributed by atoms with Crippen LogP contribution in [0, 0.1) is 0 Å². The first kappa shape index (κ1) is 15.6. The highest BCUT2D eigenvalue weighted by Crippen LogP contribution is 2.30. The minimum Gasteiger partial charge on any atom is -0.464 e. The highest BCUT2D eigenvalue weighted by Gasteiger charge is 2.14. The molecule has 0 atom stereocenters. The maximum atomic E-state index is 12.7. The second kappa shape index (κ2) is 6.25. The van der Waals surface area contributed by atoms with Crippen LogP contribution in [0.2, 0.25) is 0 Å². The Balaban J connectivity index is 1.50. The number of hydrogen-bond donors (Lipinski definition) is 1. The molecule has 2 heterocycles. The van der Waals surface area contributed by atoms with E-state index in [4.69, 9.17) is 4.42 Å². The summed E-state index contributed by atoms with van der Waals surface area (Å²) in [5, 5.41) is 7.21. The average molecular weight is 352 g/mol. The Hall–Kier alpha value is -3.66. The Morgan fingerprint density at radius 2 is 1.78 bits per heavy atom. The fourth-order valence-electron chi connectivity index (χ4n) is 3.58. The van der Waals surface area contributed by atoms with Gasteiger partial charge in [-0.15, -0.1) is 0 Å². The number of amides is 1. The lowest BCUT2D eigenvalue weighted by atomic mass is 10.0. The fraction of sp³-hybridized carbons (Fsp3) is 0.0435. The van der Waals surface area contributed by atoms with Gasteiger partial charge in [0.25, 0.3) is 0 Å². The van der Waals surface area contributed by atoms with Crippen molar-refractivity contribution >= 4 is 44.2 Å². The molecule has 2 aromatic heterocycles. The van der Waals surface area contributed by atoms with Gasteiger partial charge in [0.15, 0.2) is 0 Å². The normalized spacial score (nSPS) is 11.3. The summed E-state index contributed by atoms with van der Waals surface area (Å²) in [6, 6.07) is 21.8. The first-order valence-electron chi connectivity index (χ1n) is 8.81. The van der Waals surface area contributed by atoms with Crippen molar-refractivity contribution in [2.75, 3.05) is 5.32 Å². The highest BCUT2D eigenvalue weighted by molar-refractivity contribution is 6.09. The van der Waals surface area contributed by atoms with Crippen molar-refractivity contribution in [1.29, 1.82) is 0 Å². The van der Waals surface area contributed by atoms with E-state index >= 15 is 0 Å².